The largest absolute Gasteiger partial charge is 0.493 e. The summed E-state index contributed by atoms with van der Waals surface area (Å²) in [5.41, 5.74) is 0.925. The molecule has 2 aromatic rings. The minimum atomic E-state index is -3.89. The number of benzene rings is 2. The van der Waals surface area contributed by atoms with Crippen LogP contribution in [0.25, 0.3) is 0 Å². The van der Waals surface area contributed by atoms with E-state index in [9.17, 15) is 18.0 Å². The molecule has 2 rings (SSSR count). The second kappa shape index (κ2) is 11.7. The van der Waals surface area contributed by atoms with Gasteiger partial charge in [-0.1, -0.05) is 17.7 Å². The van der Waals surface area contributed by atoms with Gasteiger partial charge >= 0.3 is 5.97 Å². The summed E-state index contributed by atoms with van der Waals surface area (Å²) in [5, 5.41) is 3.03. The van der Waals surface area contributed by atoms with Gasteiger partial charge in [0, 0.05) is 18.6 Å². The van der Waals surface area contributed by atoms with E-state index < -0.39 is 35.1 Å². The first-order valence-corrected chi connectivity index (χ1v) is 11.3. The van der Waals surface area contributed by atoms with Gasteiger partial charge in [0.25, 0.3) is 5.91 Å². The maximum Gasteiger partial charge on any atom is 0.321 e. The molecule has 0 aromatic heterocycles. The molecular formula is C21H25ClN2O7S. The Morgan fingerprint density at radius 2 is 1.69 bits per heavy atom. The standard InChI is InChI=1S/C21H25ClN2O7S/c1-24(32(27,28)17-7-5-16(22)6-8-17)13-21(26)31-14-20(25)23-11-10-15-4-9-18(29-2)19(12-15)30-3/h4-9,12H,10-11,13-14H2,1-3H3,(H,23,25). The fourth-order valence-electron chi connectivity index (χ4n) is 2.68. The third-order valence-electron chi connectivity index (χ3n) is 4.42. The Hall–Kier alpha value is -2.82. The summed E-state index contributed by atoms with van der Waals surface area (Å²) in [4.78, 5) is 23.9. The summed E-state index contributed by atoms with van der Waals surface area (Å²) >= 11 is 5.76. The van der Waals surface area contributed by atoms with Gasteiger partial charge in [0.15, 0.2) is 18.1 Å². The number of ether oxygens (including phenoxy) is 3. The quantitative estimate of drug-likeness (QED) is 0.485. The number of hydrogen-bond donors (Lipinski definition) is 1. The molecule has 0 heterocycles. The van der Waals surface area contributed by atoms with Crippen molar-refractivity contribution in [2.24, 2.45) is 0 Å². The summed E-state index contributed by atoms with van der Waals surface area (Å²) < 4.78 is 41.0. The Morgan fingerprint density at radius 1 is 1.03 bits per heavy atom. The van der Waals surface area contributed by atoms with Crippen LogP contribution in [-0.4, -0.2) is 65.6 Å². The molecule has 0 spiro atoms. The molecule has 0 saturated heterocycles. The molecule has 0 unspecified atom stereocenters. The van der Waals surface area contributed by atoms with Gasteiger partial charge in [0.05, 0.1) is 19.1 Å². The molecule has 9 nitrogen and oxygen atoms in total. The number of amides is 1. The van der Waals surface area contributed by atoms with Crippen LogP contribution < -0.4 is 14.8 Å². The van der Waals surface area contributed by atoms with E-state index in [2.05, 4.69) is 5.32 Å². The van der Waals surface area contributed by atoms with E-state index in [1.807, 2.05) is 12.1 Å². The number of carbonyl (C=O) groups is 2. The molecule has 0 fully saturated rings. The van der Waals surface area contributed by atoms with Crippen LogP contribution in [-0.2, 0) is 30.8 Å². The highest BCUT2D eigenvalue weighted by Crippen LogP contribution is 2.27. The van der Waals surface area contributed by atoms with Crippen molar-refractivity contribution in [3.05, 3.63) is 53.1 Å². The van der Waals surface area contributed by atoms with Gasteiger partial charge in [0.1, 0.15) is 6.54 Å². The predicted molar refractivity (Wildman–Crippen MR) is 118 cm³/mol. The summed E-state index contributed by atoms with van der Waals surface area (Å²) in [7, 11) is 0.437. The summed E-state index contributed by atoms with van der Waals surface area (Å²) in [6.45, 7) is -0.736. The van der Waals surface area contributed by atoms with Gasteiger partial charge in [-0.3, -0.25) is 9.59 Å². The number of methoxy groups -OCH3 is 2. The van der Waals surface area contributed by atoms with Crippen molar-refractivity contribution in [3.63, 3.8) is 0 Å². The van der Waals surface area contributed by atoms with E-state index in [-0.39, 0.29) is 4.90 Å². The van der Waals surface area contributed by atoms with Gasteiger partial charge in [0.2, 0.25) is 10.0 Å². The normalized spacial score (nSPS) is 11.2. The van der Waals surface area contributed by atoms with Crippen LogP contribution in [0.15, 0.2) is 47.4 Å². The molecule has 1 N–H and O–H groups in total. The number of halogens is 1. The van der Waals surface area contributed by atoms with Crippen molar-refractivity contribution in [2.75, 3.05) is 41.0 Å². The average molecular weight is 485 g/mol. The van der Waals surface area contributed by atoms with E-state index >= 15 is 0 Å². The lowest BCUT2D eigenvalue weighted by atomic mass is 10.1. The molecule has 11 heteroatoms. The fraction of sp³-hybridized carbons (Fsp3) is 0.333. The zero-order chi connectivity index (χ0) is 23.7. The average Bonchev–Trinajstić information content (AvgIpc) is 2.77. The number of esters is 1. The number of sulfonamides is 1. The molecule has 1 amide bonds. The first-order chi connectivity index (χ1) is 15.2. The maximum absolute atomic E-state index is 12.5. The van der Waals surface area contributed by atoms with E-state index in [1.165, 1.54) is 38.4 Å². The highest BCUT2D eigenvalue weighted by molar-refractivity contribution is 7.89. The van der Waals surface area contributed by atoms with Crippen molar-refractivity contribution in [2.45, 2.75) is 11.3 Å². The minimum Gasteiger partial charge on any atom is -0.493 e. The van der Waals surface area contributed by atoms with Crippen LogP contribution in [0.1, 0.15) is 5.56 Å². The first-order valence-electron chi connectivity index (χ1n) is 9.52. The van der Waals surface area contributed by atoms with Crippen molar-refractivity contribution in [1.82, 2.24) is 9.62 Å². The molecule has 0 aliphatic heterocycles. The number of carbonyl (C=O) groups excluding carboxylic acids is 2. The molecule has 0 atom stereocenters. The molecule has 174 valence electrons. The molecule has 0 bridgehead atoms. The zero-order valence-corrected chi connectivity index (χ0v) is 19.5. The van der Waals surface area contributed by atoms with Gasteiger partial charge in [-0.15, -0.1) is 0 Å². The third kappa shape index (κ3) is 7.11. The van der Waals surface area contributed by atoms with Crippen LogP contribution in [0, 0.1) is 0 Å². The number of hydrogen-bond acceptors (Lipinski definition) is 7. The zero-order valence-electron chi connectivity index (χ0n) is 18.0. The van der Waals surface area contributed by atoms with Crippen molar-refractivity contribution in [3.8, 4) is 11.5 Å². The molecule has 0 radical (unpaired) electrons. The molecule has 32 heavy (non-hydrogen) atoms. The van der Waals surface area contributed by atoms with Crippen LogP contribution in [0.3, 0.4) is 0 Å². The molecular weight excluding hydrogens is 460 g/mol. The van der Waals surface area contributed by atoms with Crippen LogP contribution >= 0.6 is 11.6 Å². The SMILES string of the molecule is COc1ccc(CCNC(=O)COC(=O)CN(C)S(=O)(=O)c2ccc(Cl)cc2)cc1OC. The third-order valence-corrected chi connectivity index (χ3v) is 6.49. The molecule has 0 saturated carbocycles. The Kier molecular flexibility index (Phi) is 9.30. The van der Waals surface area contributed by atoms with Gasteiger partial charge in [-0.25, -0.2) is 8.42 Å². The van der Waals surface area contributed by atoms with Gasteiger partial charge in [-0.2, -0.15) is 4.31 Å². The fourth-order valence-corrected chi connectivity index (χ4v) is 3.92. The van der Waals surface area contributed by atoms with Crippen LogP contribution in [0.2, 0.25) is 5.02 Å². The summed E-state index contributed by atoms with van der Waals surface area (Å²) in [5.74, 6) is -0.153. The Labute approximate surface area is 192 Å². The molecule has 0 aliphatic rings. The second-order valence-electron chi connectivity index (χ2n) is 6.66. The lowest BCUT2D eigenvalue weighted by Gasteiger charge is -2.16. The highest BCUT2D eigenvalue weighted by Gasteiger charge is 2.23. The number of nitrogens with zero attached hydrogens (tertiary/aromatic N) is 1. The Morgan fingerprint density at radius 3 is 2.31 bits per heavy atom. The predicted octanol–water partition coefficient (Wildman–Crippen LogP) is 1.88. The van der Waals surface area contributed by atoms with Gasteiger partial charge in [-0.05, 0) is 48.4 Å². The Bertz CT molecular complexity index is 1040. The van der Waals surface area contributed by atoms with Crippen molar-refractivity contribution >= 4 is 33.5 Å². The Balaban J connectivity index is 1.76. The highest BCUT2D eigenvalue weighted by atomic mass is 35.5. The topological polar surface area (TPSA) is 111 Å². The van der Waals surface area contributed by atoms with Crippen molar-refractivity contribution < 1.29 is 32.2 Å². The minimum absolute atomic E-state index is 0.00916. The second-order valence-corrected chi connectivity index (χ2v) is 9.15. The van der Waals surface area contributed by atoms with Crippen LogP contribution in [0.5, 0.6) is 11.5 Å². The van der Waals surface area contributed by atoms with E-state index in [0.29, 0.717) is 29.5 Å². The number of likely N-dealkylation sites (N-methyl/N-ethyl adjacent to an activating group) is 1. The van der Waals surface area contributed by atoms with Crippen LogP contribution in [0.4, 0.5) is 0 Å². The summed E-state index contributed by atoms with van der Waals surface area (Å²) in [6.07, 6.45) is 0.530. The lowest BCUT2D eigenvalue weighted by Crippen LogP contribution is -2.35. The summed E-state index contributed by atoms with van der Waals surface area (Å²) in [6, 6.07) is 11.0. The molecule has 0 aliphatic carbocycles. The number of rotatable bonds is 11. The lowest BCUT2D eigenvalue weighted by molar-refractivity contribution is -0.148. The maximum atomic E-state index is 12.5. The number of nitrogens with one attached hydrogen (secondary N) is 1. The monoisotopic (exact) mass is 484 g/mol. The van der Waals surface area contributed by atoms with E-state index in [0.717, 1.165) is 9.87 Å². The van der Waals surface area contributed by atoms with Crippen molar-refractivity contribution in [1.29, 1.82) is 0 Å². The molecule has 2 aromatic carbocycles. The van der Waals surface area contributed by atoms with Gasteiger partial charge < -0.3 is 19.5 Å². The smallest absolute Gasteiger partial charge is 0.321 e. The first kappa shape index (κ1) is 25.4. The van der Waals surface area contributed by atoms with E-state index in [4.69, 9.17) is 25.8 Å². The van der Waals surface area contributed by atoms with E-state index in [1.54, 1.807) is 13.2 Å².